The molecule has 1 aliphatic heterocycles. The van der Waals surface area contributed by atoms with Crippen molar-refractivity contribution in [3.8, 4) is 11.6 Å². The number of benzene rings is 1. The van der Waals surface area contributed by atoms with Gasteiger partial charge < -0.3 is 25.0 Å². The number of nitrogens with one attached hydrogen (secondary N) is 1. The number of aliphatic imine (C=N–C) groups is 1. The quantitative estimate of drug-likeness (QED) is 0.578. The Bertz CT molecular complexity index is 827. The molecule has 0 amide bonds. The molecular formula is C22H29N5O2. The lowest BCUT2D eigenvalue weighted by atomic mass is 10.2. The van der Waals surface area contributed by atoms with Crippen LogP contribution in [0, 0.1) is 5.92 Å². The van der Waals surface area contributed by atoms with E-state index in [0.717, 1.165) is 55.9 Å². The minimum absolute atomic E-state index is 0.334. The Morgan fingerprint density at radius 3 is 2.62 bits per heavy atom. The van der Waals surface area contributed by atoms with Gasteiger partial charge in [-0.15, -0.1) is 0 Å². The van der Waals surface area contributed by atoms with Gasteiger partial charge in [0.1, 0.15) is 5.75 Å². The minimum Gasteiger partial charge on any atom is -0.506 e. The van der Waals surface area contributed by atoms with Gasteiger partial charge in [-0.2, -0.15) is 0 Å². The summed E-state index contributed by atoms with van der Waals surface area (Å²) >= 11 is 0. The molecule has 2 N–H and O–H groups in total. The maximum absolute atomic E-state index is 10.1. The van der Waals surface area contributed by atoms with E-state index in [9.17, 15) is 5.11 Å². The van der Waals surface area contributed by atoms with Crippen molar-refractivity contribution < 1.29 is 9.84 Å². The van der Waals surface area contributed by atoms with Gasteiger partial charge in [0.25, 0.3) is 0 Å². The zero-order valence-electron chi connectivity index (χ0n) is 16.9. The standard InChI is InChI=1S/C22H29N5O2/c1-23-22(25-15-18-8-9-21(24-14-18)29-16-17-6-7-17)27-12-10-26(11-13-27)19-4-2-3-5-20(19)28/h2-5,8-9,14,17,28H,6-7,10-13,15-16H2,1H3,(H,23,25). The van der Waals surface area contributed by atoms with Crippen LogP contribution < -0.4 is 15.0 Å². The second-order valence-corrected chi connectivity index (χ2v) is 7.62. The summed E-state index contributed by atoms with van der Waals surface area (Å²) in [4.78, 5) is 13.3. The third-order valence-electron chi connectivity index (χ3n) is 5.43. The van der Waals surface area contributed by atoms with Crippen LogP contribution in [-0.4, -0.2) is 60.8 Å². The van der Waals surface area contributed by atoms with Gasteiger partial charge in [0.05, 0.1) is 12.3 Å². The minimum atomic E-state index is 0.334. The number of para-hydroxylation sites is 2. The molecule has 0 spiro atoms. The van der Waals surface area contributed by atoms with Crippen molar-refractivity contribution in [1.82, 2.24) is 15.2 Å². The fourth-order valence-electron chi connectivity index (χ4n) is 3.49. The number of piperazine rings is 1. The number of rotatable bonds is 6. The zero-order chi connectivity index (χ0) is 20.1. The highest BCUT2D eigenvalue weighted by Crippen LogP contribution is 2.29. The average molecular weight is 396 g/mol. The van der Waals surface area contributed by atoms with Gasteiger partial charge in [-0.05, 0) is 36.5 Å². The van der Waals surface area contributed by atoms with E-state index in [1.54, 1.807) is 6.07 Å². The number of pyridine rings is 1. The number of phenolic OH excluding ortho intramolecular Hbond substituents is 1. The molecule has 1 aromatic heterocycles. The molecule has 2 fully saturated rings. The molecule has 0 unspecified atom stereocenters. The molecule has 1 aliphatic carbocycles. The number of aromatic hydroxyl groups is 1. The fourth-order valence-corrected chi connectivity index (χ4v) is 3.49. The van der Waals surface area contributed by atoms with Crippen LogP contribution in [0.5, 0.6) is 11.6 Å². The molecule has 1 aromatic carbocycles. The maximum atomic E-state index is 10.1. The Morgan fingerprint density at radius 2 is 1.97 bits per heavy atom. The van der Waals surface area contributed by atoms with E-state index in [2.05, 4.69) is 25.1 Å². The highest BCUT2D eigenvalue weighted by molar-refractivity contribution is 5.80. The van der Waals surface area contributed by atoms with Gasteiger partial charge in [-0.1, -0.05) is 18.2 Å². The number of anilines is 1. The molecule has 0 bridgehead atoms. The van der Waals surface area contributed by atoms with E-state index >= 15 is 0 Å². The molecule has 1 saturated heterocycles. The van der Waals surface area contributed by atoms with Crippen LogP contribution in [0.15, 0.2) is 47.6 Å². The maximum Gasteiger partial charge on any atom is 0.213 e. The number of hydrogen-bond acceptors (Lipinski definition) is 5. The molecule has 7 heteroatoms. The molecule has 2 aliphatic rings. The summed E-state index contributed by atoms with van der Waals surface area (Å²) in [5.74, 6) is 2.65. The molecule has 1 saturated carbocycles. The fraction of sp³-hybridized carbons (Fsp3) is 0.455. The monoisotopic (exact) mass is 395 g/mol. The van der Waals surface area contributed by atoms with Crippen molar-refractivity contribution in [2.75, 3.05) is 44.7 Å². The second-order valence-electron chi connectivity index (χ2n) is 7.62. The summed E-state index contributed by atoms with van der Waals surface area (Å²) in [5.41, 5.74) is 1.99. The van der Waals surface area contributed by atoms with Crippen molar-refractivity contribution >= 4 is 11.6 Å². The smallest absolute Gasteiger partial charge is 0.213 e. The van der Waals surface area contributed by atoms with Gasteiger partial charge in [-0.3, -0.25) is 4.99 Å². The van der Waals surface area contributed by atoms with E-state index in [0.29, 0.717) is 18.2 Å². The van der Waals surface area contributed by atoms with Crippen LogP contribution in [0.25, 0.3) is 0 Å². The summed E-state index contributed by atoms with van der Waals surface area (Å²) in [5, 5.41) is 13.5. The van der Waals surface area contributed by atoms with Gasteiger partial charge in [0.2, 0.25) is 5.88 Å². The highest BCUT2D eigenvalue weighted by atomic mass is 16.5. The van der Waals surface area contributed by atoms with Crippen molar-refractivity contribution in [3.63, 3.8) is 0 Å². The molecule has 2 aromatic rings. The van der Waals surface area contributed by atoms with Gasteiger partial charge in [0, 0.05) is 52.0 Å². The molecule has 7 nitrogen and oxygen atoms in total. The Labute approximate surface area is 172 Å². The summed E-state index contributed by atoms with van der Waals surface area (Å²) in [6.07, 6.45) is 4.42. The van der Waals surface area contributed by atoms with Crippen molar-refractivity contribution in [2.45, 2.75) is 19.4 Å². The van der Waals surface area contributed by atoms with Gasteiger partial charge >= 0.3 is 0 Å². The lowest BCUT2D eigenvalue weighted by molar-refractivity contribution is 0.288. The lowest BCUT2D eigenvalue weighted by Gasteiger charge is -2.37. The first kappa shape index (κ1) is 19.4. The first-order valence-electron chi connectivity index (χ1n) is 10.3. The number of guanidine groups is 1. The van der Waals surface area contributed by atoms with Crippen molar-refractivity contribution in [3.05, 3.63) is 48.2 Å². The molecule has 154 valence electrons. The third-order valence-corrected chi connectivity index (χ3v) is 5.43. The predicted molar refractivity (Wildman–Crippen MR) is 115 cm³/mol. The third kappa shape index (κ3) is 5.10. The summed E-state index contributed by atoms with van der Waals surface area (Å²) in [6.45, 7) is 4.83. The summed E-state index contributed by atoms with van der Waals surface area (Å²) in [7, 11) is 1.81. The second kappa shape index (κ2) is 9.03. The normalized spacial score (nSPS) is 17.3. The summed E-state index contributed by atoms with van der Waals surface area (Å²) in [6, 6.07) is 11.5. The first-order chi connectivity index (χ1) is 14.2. The number of hydrogen-bond donors (Lipinski definition) is 2. The largest absolute Gasteiger partial charge is 0.506 e. The SMILES string of the molecule is CN=C(NCc1ccc(OCC2CC2)nc1)N1CCN(c2ccccc2O)CC1. The van der Waals surface area contributed by atoms with Crippen molar-refractivity contribution in [1.29, 1.82) is 0 Å². The zero-order valence-corrected chi connectivity index (χ0v) is 16.9. The number of ether oxygens (including phenoxy) is 1. The average Bonchev–Trinajstić information content (AvgIpc) is 3.59. The Kier molecular flexibility index (Phi) is 6.03. The van der Waals surface area contributed by atoms with E-state index < -0.39 is 0 Å². The van der Waals surface area contributed by atoms with Crippen LogP contribution in [0.3, 0.4) is 0 Å². The predicted octanol–water partition coefficient (Wildman–Crippen LogP) is 2.47. The van der Waals surface area contributed by atoms with Gasteiger partial charge in [0.15, 0.2) is 5.96 Å². The first-order valence-corrected chi connectivity index (χ1v) is 10.3. The van der Waals surface area contributed by atoms with Crippen molar-refractivity contribution in [2.24, 2.45) is 10.9 Å². The number of phenols is 1. The molecule has 0 radical (unpaired) electrons. The number of aromatic nitrogens is 1. The number of nitrogens with zero attached hydrogens (tertiary/aromatic N) is 4. The highest BCUT2D eigenvalue weighted by Gasteiger charge is 2.22. The van der Waals surface area contributed by atoms with E-state index in [4.69, 9.17) is 4.74 Å². The van der Waals surface area contributed by atoms with Gasteiger partial charge in [-0.25, -0.2) is 4.98 Å². The van der Waals surface area contributed by atoms with Crippen LogP contribution in [0.1, 0.15) is 18.4 Å². The molecule has 2 heterocycles. The van der Waals surface area contributed by atoms with Crippen LogP contribution in [0.4, 0.5) is 5.69 Å². The lowest BCUT2D eigenvalue weighted by Crippen LogP contribution is -2.52. The molecule has 0 atom stereocenters. The molecular weight excluding hydrogens is 366 g/mol. The van der Waals surface area contributed by atoms with E-state index in [1.807, 2.05) is 43.6 Å². The van der Waals surface area contributed by atoms with E-state index in [1.165, 1.54) is 12.8 Å². The van der Waals surface area contributed by atoms with Crippen LogP contribution >= 0.6 is 0 Å². The molecule has 29 heavy (non-hydrogen) atoms. The Hall–Kier alpha value is -2.96. The van der Waals surface area contributed by atoms with Crippen LogP contribution in [0.2, 0.25) is 0 Å². The topological polar surface area (TPSA) is 73.2 Å². The molecule has 4 rings (SSSR count). The summed E-state index contributed by atoms with van der Waals surface area (Å²) < 4.78 is 5.70. The van der Waals surface area contributed by atoms with E-state index in [-0.39, 0.29) is 0 Å². The Balaban J connectivity index is 1.26. The van der Waals surface area contributed by atoms with Crippen LogP contribution in [-0.2, 0) is 6.54 Å². The Morgan fingerprint density at radius 1 is 1.17 bits per heavy atom.